The Balaban J connectivity index is 1.97. The number of aryl methyl sites for hydroxylation is 1. The van der Waals surface area contributed by atoms with E-state index >= 15 is 0 Å². The van der Waals surface area contributed by atoms with Crippen molar-refractivity contribution in [2.75, 3.05) is 0 Å². The number of carboxylic acid groups (broad SMARTS) is 1. The summed E-state index contributed by atoms with van der Waals surface area (Å²) in [5, 5.41) is 8.94. The predicted molar refractivity (Wildman–Crippen MR) is 68.6 cm³/mol. The van der Waals surface area contributed by atoms with Crippen molar-refractivity contribution < 1.29 is 14.7 Å². The van der Waals surface area contributed by atoms with Crippen LogP contribution in [0, 0.1) is 18.8 Å². The number of benzene rings is 1. The number of carbonyl (C=O) groups excluding carboxylic acids is 1. The van der Waals surface area contributed by atoms with E-state index in [4.69, 9.17) is 5.11 Å². The number of carbonyl (C=O) groups is 2. The average Bonchev–Trinajstić information content (AvgIpc) is 2.78. The van der Waals surface area contributed by atoms with E-state index < -0.39 is 5.97 Å². The lowest BCUT2D eigenvalue weighted by atomic mass is 9.94. The van der Waals surface area contributed by atoms with Crippen LogP contribution in [0.2, 0.25) is 0 Å². The summed E-state index contributed by atoms with van der Waals surface area (Å²) in [7, 11) is 0. The predicted octanol–water partition coefficient (Wildman–Crippen LogP) is 3.07. The van der Waals surface area contributed by atoms with Crippen LogP contribution in [0.3, 0.4) is 0 Å². The highest BCUT2D eigenvalue weighted by Gasteiger charge is 2.31. The normalized spacial score (nSPS) is 22.9. The minimum Gasteiger partial charge on any atom is -0.481 e. The van der Waals surface area contributed by atoms with Gasteiger partial charge in [-0.15, -0.1) is 0 Å². The molecule has 0 heterocycles. The summed E-state index contributed by atoms with van der Waals surface area (Å²) in [5.41, 5.74) is 1.77. The summed E-state index contributed by atoms with van der Waals surface area (Å²) in [5.74, 6) is -0.595. The summed E-state index contributed by atoms with van der Waals surface area (Å²) in [6, 6.07) is 7.57. The number of rotatable bonds is 4. The SMILES string of the molecule is Cc1ccccc1C(=O)C[C@H]1CC[C@@H](C(=O)O)C1. The summed E-state index contributed by atoms with van der Waals surface area (Å²) < 4.78 is 0. The Morgan fingerprint density at radius 3 is 2.61 bits per heavy atom. The van der Waals surface area contributed by atoms with Crippen LogP contribution in [0.5, 0.6) is 0 Å². The molecular formula is C15H18O3. The molecule has 1 fully saturated rings. The molecule has 0 aliphatic heterocycles. The van der Waals surface area contributed by atoms with E-state index in [9.17, 15) is 9.59 Å². The molecule has 0 unspecified atom stereocenters. The molecule has 0 amide bonds. The van der Waals surface area contributed by atoms with Crippen molar-refractivity contribution in [2.45, 2.75) is 32.6 Å². The zero-order valence-electron chi connectivity index (χ0n) is 10.6. The molecule has 0 saturated heterocycles. The lowest BCUT2D eigenvalue weighted by Crippen LogP contribution is -2.11. The number of carboxylic acids is 1. The molecule has 2 rings (SSSR count). The minimum atomic E-state index is -0.721. The third-order valence-corrected chi connectivity index (χ3v) is 3.81. The molecule has 1 aromatic carbocycles. The molecule has 1 aliphatic rings. The number of ketones is 1. The molecule has 1 aromatic rings. The fourth-order valence-corrected chi connectivity index (χ4v) is 2.74. The van der Waals surface area contributed by atoms with E-state index in [1.54, 1.807) is 0 Å². The molecule has 1 saturated carbocycles. The minimum absolute atomic E-state index is 0.143. The smallest absolute Gasteiger partial charge is 0.306 e. The van der Waals surface area contributed by atoms with Crippen molar-refractivity contribution in [2.24, 2.45) is 11.8 Å². The van der Waals surface area contributed by atoms with E-state index in [0.717, 1.165) is 17.5 Å². The zero-order chi connectivity index (χ0) is 13.1. The molecule has 0 bridgehead atoms. The van der Waals surface area contributed by atoms with Gasteiger partial charge in [-0.1, -0.05) is 24.3 Å². The Kier molecular flexibility index (Phi) is 3.80. The van der Waals surface area contributed by atoms with Crippen molar-refractivity contribution in [1.29, 1.82) is 0 Å². The lowest BCUT2D eigenvalue weighted by molar-refractivity contribution is -0.141. The fourth-order valence-electron chi connectivity index (χ4n) is 2.74. The lowest BCUT2D eigenvalue weighted by Gasteiger charge is -2.10. The van der Waals surface area contributed by atoms with E-state index in [1.807, 2.05) is 31.2 Å². The average molecular weight is 246 g/mol. The largest absolute Gasteiger partial charge is 0.481 e. The maximum absolute atomic E-state index is 12.2. The van der Waals surface area contributed by atoms with Gasteiger partial charge in [0.05, 0.1) is 5.92 Å². The van der Waals surface area contributed by atoms with Gasteiger partial charge in [0.2, 0.25) is 0 Å². The zero-order valence-corrected chi connectivity index (χ0v) is 10.6. The van der Waals surface area contributed by atoms with Crippen molar-refractivity contribution in [3.63, 3.8) is 0 Å². The molecule has 1 aliphatic carbocycles. The monoisotopic (exact) mass is 246 g/mol. The number of hydrogen-bond acceptors (Lipinski definition) is 2. The van der Waals surface area contributed by atoms with Crippen LogP contribution in [-0.4, -0.2) is 16.9 Å². The first-order chi connectivity index (χ1) is 8.58. The maximum Gasteiger partial charge on any atom is 0.306 e. The van der Waals surface area contributed by atoms with E-state index in [-0.39, 0.29) is 17.6 Å². The highest BCUT2D eigenvalue weighted by atomic mass is 16.4. The Hall–Kier alpha value is -1.64. The summed E-state index contributed by atoms with van der Waals surface area (Å²) in [4.78, 5) is 23.0. The van der Waals surface area contributed by atoms with Crippen LogP contribution >= 0.6 is 0 Å². The van der Waals surface area contributed by atoms with Crippen LogP contribution in [0.15, 0.2) is 24.3 Å². The van der Waals surface area contributed by atoms with E-state index in [1.165, 1.54) is 0 Å². The van der Waals surface area contributed by atoms with Gasteiger partial charge in [0.25, 0.3) is 0 Å². The first-order valence-electron chi connectivity index (χ1n) is 6.39. The standard InChI is InChI=1S/C15H18O3/c1-10-4-2-3-5-13(10)14(16)9-11-6-7-12(8-11)15(17)18/h2-5,11-12H,6-9H2,1H3,(H,17,18)/t11-,12+/m0/s1. The van der Waals surface area contributed by atoms with Gasteiger partial charge in [-0.3, -0.25) is 9.59 Å². The van der Waals surface area contributed by atoms with Crippen molar-refractivity contribution in [3.8, 4) is 0 Å². The van der Waals surface area contributed by atoms with Crippen molar-refractivity contribution in [1.82, 2.24) is 0 Å². The summed E-state index contributed by atoms with van der Waals surface area (Å²) in [6.07, 6.45) is 2.69. The van der Waals surface area contributed by atoms with Crippen molar-refractivity contribution >= 4 is 11.8 Å². The molecule has 2 atom stereocenters. The highest BCUT2D eigenvalue weighted by Crippen LogP contribution is 2.34. The fraction of sp³-hybridized carbons (Fsp3) is 0.467. The Morgan fingerprint density at radius 2 is 2.00 bits per heavy atom. The van der Waals surface area contributed by atoms with Gasteiger partial charge in [-0.25, -0.2) is 0 Å². The molecule has 3 nitrogen and oxygen atoms in total. The third-order valence-electron chi connectivity index (χ3n) is 3.81. The molecule has 1 N–H and O–H groups in total. The Morgan fingerprint density at radius 1 is 1.28 bits per heavy atom. The molecule has 3 heteroatoms. The maximum atomic E-state index is 12.2. The molecule has 0 radical (unpaired) electrons. The van der Waals surface area contributed by atoms with Crippen LogP contribution in [0.4, 0.5) is 0 Å². The second-order valence-electron chi connectivity index (χ2n) is 5.16. The van der Waals surface area contributed by atoms with Gasteiger partial charge in [0, 0.05) is 12.0 Å². The number of Topliss-reactive ketones (excluding diaryl/α,β-unsaturated/α-hetero) is 1. The van der Waals surface area contributed by atoms with E-state index in [0.29, 0.717) is 19.3 Å². The Bertz CT molecular complexity index is 465. The van der Waals surface area contributed by atoms with Gasteiger partial charge in [0.1, 0.15) is 0 Å². The number of hydrogen-bond donors (Lipinski definition) is 1. The van der Waals surface area contributed by atoms with Gasteiger partial charge >= 0.3 is 5.97 Å². The van der Waals surface area contributed by atoms with E-state index in [2.05, 4.69) is 0 Å². The molecular weight excluding hydrogens is 228 g/mol. The second-order valence-corrected chi connectivity index (χ2v) is 5.16. The molecule has 0 aromatic heterocycles. The topological polar surface area (TPSA) is 54.4 Å². The molecule has 0 spiro atoms. The quantitative estimate of drug-likeness (QED) is 0.831. The molecule has 18 heavy (non-hydrogen) atoms. The van der Waals surface area contributed by atoms with Crippen LogP contribution in [0.25, 0.3) is 0 Å². The first kappa shape index (κ1) is 12.8. The first-order valence-corrected chi connectivity index (χ1v) is 6.39. The van der Waals surface area contributed by atoms with Crippen molar-refractivity contribution in [3.05, 3.63) is 35.4 Å². The Labute approximate surface area is 107 Å². The van der Waals surface area contributed by atoms with Gasteiger partial charge in [-0.05, 0) is 37.7 Å². The second kappa shape index (κ2) is 5.34. The molecule has 96 valence electrons. The summed E-state index contributed by atoms with van der Waals surface area (Å²) in [6.45, 7) is 1.93. The third kappa shape index (κ3) is 2.78. The number of aliphatic carboxylic acids is 1. The van der Waals surface area contributed by atoms with Gasteiger partial charge < -0.3 is 5.11 Å². The summed E-state index contributed by atoms with van der Waals surface area (Å²) >= 11 is 0. The van der Waals surface area contributed by atoms with Crippen LogP contribution < -0.4 is 0 Å². The van der Waals surface area contributed by atoms with Crippen LogP contribution in [0.1, 0.15) is 41.6 Å². The van der Waals surface area contributed by atoms with Crippen LogP contribution in [-0.2, 0) is 4.79 Å². The highest BCUT2D eigenvalue weighted by molar-refractivity contribution is 5.97. The van der Waals surface area contributed by atoms with Gasteiger partial charge in [-0.2, -0.15) is 0 Å². The van der Waals surface area contributed by atoms with Gasteiger partial charge in [0.15, 0.2) is 5.78 Å².